The number of aldehydes is 1. The highest BCUT2D eigenvalue weighted by Crippen LogP contribution is 2.20. The molecule has 1 aromatic heterocycles. The fourth-order valence-electron chi connectivity index (χ4n) is 1.45. The van der Waals surface area contributed by atoms with Gasteiger partial charge in [-0.1, -0.05) is 30.3 Å². The van der Waals surface area contributed by atoms with Crippen LogP contribution in [0.1, 0.15) is 16.1 Å². The summed E-state index contributed by atoms with van der Waals surface area (Å²) in [6.07, 6.45) is 2.28. The van der Waals surface area contributed by atoms with Gasteiger partial charge in [0, 0.05) is 5.56 Å². The van der Waals surface area contributed by atoms with Crippen molar-refractivity contribution in [3.63, 3.8) is 0 Å². The molecule has 74 valence electrons. The quantitative estimate of drug-likeness (QED) is 0.695. The van der Waals surface area contributed by atoms with Crippen LogP contribution >= 0.6 is 0 Å². The number of benzene rings is 1. The van der Waals surface area contributed by atoms with Crippen LogP contribution in [0.2, 0.25) is 0 Å². The van der Waals surface area contributed by atoms with Crippen LogP contribution in [0.4, 0.5) is 0 Å². The molecule has 1 heterocycles. The predicted octanol–water partition coefficient (Wildman–Crippen LogP) is 2.26. The van der Waals surface area contributed by atoms with Gasteiger partial charge < -0.3 is 0 Å². The Morgan fingerprint density at radius 1 is 1.13 bits per heavy atom. The lowest BCUT2D eigenvalue weighted by Gasteiger charge is -2.04. The highest BCUT2D eigenvalue weighted by atomic mass is 16.1. The van der Waals surface area contributed by atoms with Gasteiger partial charge in [-0.05, 0) is 6.92 Å². The van der Waals surface area contributed by atoms with E-state index >= 15 is 0 Å². The van der Waals surface area contributed by atoms with Crippen molar-refractivity contribution in [1.82, 2.24) is 9.97 Å². The first-order valence-electron chi connectivity index (χ1n) is 4.65. The molecular weight excluding hydrogens is 188 g/mol. The van der Waals surface area contributed by atoms with Crippen molar-refractivity contribution in [2.24, 2.45) is 0 Å². The zero-order valence-corrected chi connectivity index (χ0v) is 8.34. The predicted molar refractivity (Wildman–Crippen MR) is 57.6 cm³/mol. The fourth-order valence-corrected chi connectivity index (χ4v) is 1.45. The van der Waals surface area contributed by atoms with Crippen LogP contribution in [0, 0.1) is 6.92 Å². The van der Waals surface area contributed by atoms with Crippen LogP contribution in [0.15, 0.2) is 36.7 Å². The van der Waals surface area contributed by atoms with Crippen LogP contribution in [0.3, 0.4) is 0 Å². The lowest BCUT2D eigenvalue weighted by Crippen LogP contribution is -1.97. The summed E-state index contributed by atoms with van der Waals surface area (Å²) in [5, 5.41) is 0. The molecule has 2 aromatic rings. The molecule has 3 nitrogen and oxygen atoms in total. The maximum atomic E-state index is 10.9. The summed E-state index contributed by atoms with van der Waals surface area (Å²) < 4.78 is 0. The standard InChI is InChI=1S/C12H10N2O/c1-9-11(7-15)12(14-8-13-9)10-5-3-2-4-6-10/h2-8H,1H3. The van der Waals surface area contributed by atoms with Gasteiger partial charge in [0.05, 0.1) is 17.0 Å². The topological polar surface area (TPSA) is 42.9 Å². The number of nitrogens with zero attached hydrogens (tertiary/aromatic N) is 2. The minimum Gasteiger partial charge on any atom is -0.298 e. The van der Waals surface area contributed by atoms with E-state index in [0.29, 0.717) is 17.0 Å². The molecule has 0 saturated heterocycles. The van der Waals surface area contributed by atoms with Crippen molar-refractivity contribution >= 4 is 6.29 Å². The normalized spacial score (nSPS) is 9.93. The first-order valence-corrected chi connectivity index (χ1v) is 4.65. The van der Waals surface area contributed by atoms with Crippen LogP contribution in [0.5, 0.6) is 0 Å². The summed E-state index contributed by atoms with van der Waals surface area (Å²) in [4.78, 5) is 19.1. The number of aromatic nitrogens is 2. The van der Waals surface area contributed by atoms with E-state index in [1.54, 1.807) is 6.92 Å². The summed E-state index contributed by atoms with van der Waals surface area (Å²) in [6, 6.07) is 9.62. The molecule has 2 rings (SSSR count). The van der Waals surface area contributed by atoms with E-state index in [-0.39, 0.29) is 0 Å². The molecule has 0 unspecified atom stereocenters. The molecule has 15 heavy (non-hydrogen) atoms. The largest absolute Gasteiger partial charge is 0.298 e. The van der Waals surface area contributed by atoms with Gasteiger partial charge in [-0.2, -0.15) is 0 Å². The Morgan fingerprint density at radius 2 is 1.87 bits per heavy atom. The third kappa shape index (κ3) is 1.76. The summed E-state index contributed by atoms with van der Waals surface area (Å²) in [5.74, 6) is 0. The average Bonchev–Trinajstić information content (AvgIpc) is 2.30. The van der Waals surface area contributed by atoms with Crippen molar-refractivity contribution in [3.05, 3.63) is 47.9 Å². The van der Waals surface area contributed by atoms with E-state index in [0.717, 1.165) is 11.8 Å². The Kier molecular flexibility index (Phi) is 2.54. The van der Waals surface area contributed by atoms with Crippen molar-refractivity contribution < 1.29 is 4.79 Å². The zero-order valence-electron chi connectivity index (χ0n) is 8.34. The maximum Gasteiger partial charge on any atom is 0.154 e. The molecule has 0 aliphatic rings. The molecule has 0 fully saturated rings. The highest BCUT2D eigenvalue weighted by Gasteiger charge is 2.08. The number of aryl methyl sites for hydroxylation is 1. The van der Waals surface area contributed by atoms with Crippen LogP contribution < -0.4 is 0 Å². The minimum absolute atomic E-state index is 0.559. The zero-order chi connectivity index (χ0) is 10.7. The molecule has 0 spiro atoms. The fraction of sp³-hybridized carbons (Fsp3) is 0.0833. The minimum atomic E-state index is 0.559. The second-order valence-electron chi connectivity index (χ2n) is 3.21. The second-order valence-corrected chi connectivity index (χ2v) is 3.21. The lowest BCUT2D eigenvalue weighted by atomic mass is 10.1. The Balaban J connectivity index is 2.63. The maximum absolute atomic E-state index is 10.9. The third-order valence-electron chi connectivity index (χ3n) is 2.25. The molecular formula is C12H10N2O. The molecule has 0 saturated carbocycles. The second kappa shape index (κ2) is 4.00. The molecule has 0 radical (unpaired) electrons. The Labute approximate surface area is 87.8 Å². The van der Waals surface area contributed by atoms with Gasteiger partial charge in [-0.15, -0.1) is 0 Å². The van der Waals surface area contributed by atoms with Gasteiger partial charge in [0.1, 0.15) is 6.33 Å². The molecule has 1 aromatic carbocycles. The van der Waals surface area contributed by atoms with E-state index in [9.17, 15) is 4.79 Å². The SMILES string of the molecule is Cc1ncnc(-c2ccccc2)c1C=O. The first kappa shape index (κ1) is 9.52. The Morgan fingerprint density at radius 3 is 2.53 bits per heavy atom. The van der Waals surface area contributed by atoms with E-state index in [4.69, 9.17) is 0 Å². The van der Waals surface area contributed by atoms with E-state index in [1.165, 1.54) is 6.33 Å². The molecule has 0 N–H and O–H groups in total. The van der Waals surface area contributed by atoms with Crippen molar-refractivity contribution in [2.75, 3.05) is 0 Å². The van der Waals surface area contributed by atoms with Gasteiger partial charge in [0.15, 0.2) is 6.29 Å². The summed E-state index contributed by atoms with van der Waals surface area (Å²) in [7, 11) is 0. The van der Waals surface area contributed by atoms with Gasteiger partial charge in [0.25, 0.3) is 0 Å². The number of rotatable bonds is 2. The summed E-state index contributed by atoms with van der Waals surface area (Å²) >= 11 is 0. The molecule has 0 atom stereocenters. The van der Waals surface area contributed by atoms with Gasteiger partial charge >= 0.3 is 0 Å². The van der Waals surface area contributed by atoms with E-state index in [2.05, 4.69) is 9.97 Å². The van der Waals surface area contributed by atoms with Crippen molar-refractivity contribution in [3.8, 4) is 11.3 Å². The van der Waals surface area contributed by atoms with Gasteiger partial charge in [0.2, 0.25) is 0 Å². The molecule has 3 heteroatoms. The monoisotopic (exact) mass is 198 g/mol. The highest BCUT2D eigenvalue weighted by molar-refractivity contribution is 5.86. The molecule has 0 aliphatic carbocycles. The van der Waals surface area contributed by atoms with Crippen LogP contribution in [0.25, 0.3) is 11.3 Å². The van der Waals surface area contributed by atoms with Crippen molar-refractivity contribution in [1.29, 1.82) is 0 Å². The summed E-state index contributed by atoms with van der Waals surface area (Å²) in [5.41, 5.74) is 2.89. The van der Waals surface area contributed by atoms with Crippen LogP contribution in [-0.4, -0.2) is 16.3 Å². The van der Waals surface area contributed by atoms with E-state index < -0.39 is 0 Å². The first-order chi connectivity index (χ1) is 7.33. The number of carbonyl (C=O) groups is 1. The Bertz CT molecular complexity index is 480. The lowest BCUT2D eigenvalue weighted by molar-refractivity contribution is 0.112. The third-order valence-corrected chi connectivity index (χ3v) is 2.25. The molecule has 0 aliphatic heterocycles. The number of hydrogen-bond acceptors (Lipinski definition) is 3. The smallest absolute Gasteiger partial charge is 0.154 e. The van der Waals surface area contributed by atoms with Crippen molar-refractivity contribution in [2.45, 2.75) is 6.92 Å². The van der Waals surface area contributed by atoms with Gasteiger partial charge in [-0.3, -0.25) is 4.79 Å². The molecule has 0 amide bonds. The molecule has 0 bridgehead atoms. The summed E-state index contributed by atoms with van der Waals surface area (Å²) in [6.45, 7) is 1.80. The van der Waals surface area contributed by atoms with E-state index in [1.807, 2.05) is 30.3 Å². The van der Waals surface area contributed by atoms with Gasteiger partial charge in [-0.25, -0.2) is 9.97 Å². The number of hydrogen-bond donors (Lipinski definition) is 0. The average molecular weight is 198 g/mol. The number of carbonyl (C=O) groups excluding carboxylic acids is 1. The van der Waals surface area contributed by atoms with Crippen LogP contribution in [-0.2, 0) is 0 Å². The Hall–Kier alpha value is -2.03.